The fourth-order valence-electron chi connectivity index (χ4n) is 2.29. The zero-order valence-corrected chi connectivity index (χ0v) is 11.8. The number of hydrogen-bond acceptors (Lipinski definition) is 2. The lowest BCUT2D eigenvalue weighted by molar-refractivity contribution is -0.130. The molecule has 1 aliphatic rings. The summed E-state index contributed by atoms with van der Waals surface area (Å²) < 4.78 is 12.9. The highest BCUT2D eigenvalue weighted by Crippen LogP contribution is 2.18. The summed E-state index contributed by atoms with van der Waals surface area (Å²) in [4.78, 5) is 15.4. The third kappa shape index (κ3) is 3.91. The second-order valence-corrected chi connectivity index (χ2v) is 5.24. The molecule has 0 N–H and O–H groups in total. The molecule has 0 atom stereocenters. The summed E-state index contributed by atoms with van der Waals surface area (Å²) in [6.45, 7) is 5.83. The first-order valence-corrected chi connectivity index (χ1v) is 6.86. The third-order valence-electron chi connectivity index (χ3n) is 3.53. The molecule has 0 aliphatic carbocycles. The number of rotatable bonds is 3. The fraction of sp³-hybridized carbons (Fsp3) is 0.500. The lowest BCUT2D eigenvalue weighted by Gasteiger charge is -2.34. The van der Waals surface area contributed by atoms with Crippen LogP contribution in [0.15, 0.2) is 18.2 Å². The first kappa shape index (κ1) is 14.3. The van der Waals surface area contributed by atoms with Gasteiger partial charge in [-0.2, -0.15) is 0 Å². The Balaban J connectivity index is 1.82. The second kappa shape index (κ2) is 6.35. The van der Waals surface area contributed by atoms with Gasteiger partial charge in [0.05, 0.1) is 0 Å². The Hall–Kier alpha value is -1.13. The van der Waals surface area contributed by atoms with Crippen LogP contribution in [-0.2, 0) is 11.2 Å². The first-order valence-electron chi connectivity index (χ1n) is 6.48. The second-order valence-electron chi connectivity index (χ2n) is 4.83. The lowest BCUT2D eigenvalue weighted by atomic mass is 10.1. The maximum absolute atomic E-state index is 12.9. The molecule has 3 nitrogen and oxygen atoms in total. The van der Waals surface area contributed by atoms with Crippen molar-refractivity contribution in [1.82, 2.24) is 9.80 Å². The first-order chi connectivity index (χ1) is 9.06. The van der Waals surface area contributed by atoms with Crippen LogP contribution in [0.5, 0.6) is 0 Å². The summed E-state index contributed by atoms with van der Waals surface area (Å²) in [6.07, 6.45) is 0.805. The van der Waals surface area contributed by atoms with Crippen molar-refractivity contribution in [3.8, 4) is 0 Å². The van der Waals surface area contributed by atoms with Gasteiger partial charge >= 0.3 is 0 Å². The Kier molecular flexibility index (Phi) is 4.77. The SMILES string of the molecule is CC(=O)N1CCN(CCc2ccc(F)cc2Cl)CC1. The molecule has 1 aromatic rings. The third-order valence-corrected chi connectivity index (χ3v) is 3.88. The minimum atomic E-state index is -0.302. The number of benzene rings is 1. The monoisotopic (exact) mass is 284 g/mol. The van der Waals surface area contributed by atoms with Crippen molar-refractivity contribution < 1.29 is 9.18 Å². The number of amides is 1. The quantitative estimate of drug-likeness (QED) is 0.849. The van der Waals surface area contributed by atoms with E-state index >= 15 is 0 Å². The highest BCUT2D eigenvalue weighted by Gasteiger charge is 2.18. The van der Waals surface area contributed by atoms with E-state index in [0.29, 0.717) is 5.02 Å². The van der Waals surface area contributed by atoms with Gasteiger partial charge < -0.3 is 4.90 Å². The molecule has 104 valence electrons. The van der Waals surface area contributed by atoms with Gasteiger partial charge in [0.15, 0.2) is 0 Å². The molecule has 0 bridgehead atoms. The molecule has 0 saturated carbocycles. The van der Waals surface area contributed by atoms with Crippen LogP contribution in [0.4, 0.5) is 4.39 Å². The molecule has 0 aromatic heterocycles. The van der Waals surface area contributed by atoms with Crippen molar-refractivity contribution in [3.63, 3.8) is 0 Å². The van der Waals surface area contributed by atoms with Gasteiger partial charge in [-0.05, 0) is 24.1 Å². The Labute approximate surface area is 117 Å². The molecule has 1 heterocycles. The topological polar surface area (TPSA) is 23.6 Å². The number of piperazine rings is 1. The van der Waals surface area contributed by atoms with E-state index in [-0.39, 0.29) is 11.7 Å². The van der Waals surface area contributed by atoms with Gasteiger partial charge in [-0.1, -0.05) is 17.7 Å². The normalized spacial score (nSPS) is 16.7. The zero-order chi connectivity index (χ0) is 13.8. The molecule has 5 heteroatoms. The van der Waals surface area contributed by atoms with Crippen LogP contribution in [-0.4, -0.2) is 48.4 Å². The molecule has 0 unspecified atom stereocenters. The molecule has 1 saturated heterocycles. The number of carbonyl (C=O) groups is 1. The van der Waals surface area contributed by atoms with Crippen molar-refractivity contribution in [2.75, 3.05) is 32.7 Å². The van der Waals surface area contributed by atoms with Crippen LogP contribution in [0, 0.1) is 5.82 Å². The Bertz CT molecular complexity index is 459. The van der Waals surface area contributed by atoms with Crippen molar-refractivity contribution in [2.24, 2.45) is 0 Å². The number of halogens is 2. The van der Waals surface area contributed by atoms with Gasteiger partial charge in [-0.25, -0.2) is 4.39 Å². The van der Waals surface area contributed by atoms with E-state index in [1.165, 1.54) is 12.1 Å². The van der Waals surface area contributed by atoms with E-state index in [1.807, 2.05) is 4.90 Å². The molecule has 2 rings (SSSR count). The largest absolute Gasteiger partial charge is 0.340 e. The average molecular weight is 285 g/mol. The Morgan fingerprint density at radius 1 is 1.32 bits per heavy atom. The van der Waals surface area contributed by atoms with E-state index in [9.17, 15) is 9.18 Å². The number of nitrogens with zero attached hydrogens (tertiary/aromatic N) is 2. The molecule has 0 radical (unpaired) electrons. The minimum absolute atomic E-state index is 0.140. The van der Waals surface area contributed by atoms with E-state index in [0.717, 1.165) is 44.7 Å². The van der Waals surface area contributed by atoms with Crippen LogP contribution in [0.2, 0.25) is 5.02 Å². The van der Waals surface area contributed by atoms with Crippen molar-refractivity contribution in [2.45, 2.75) is 13.3 Å². The predicted molar refractivity (Wildman–Crippen MR) is 73.8 cm³/mol. The van der Waals surface area contributed by atoms with Crippen LogP contribution in [0.1, 0.15) is 12.5 Å². The lowest BCUT2D eigenvalue weighted by Crippen LogP contribution is -2.48. The van der Waals surface area contributed by atoms with Crippen molar-refractivity contribution in [1.29, 1.82) is 0 Å². The molecule has 1 amide bonds. The van der Waals surface area contributed by atoms with Gasteiger partial charge in [-0.15, -0.1) is 0 Å². The van der Waals surface area contributed by atoms with Crippen molar-refractivity contribution in [3.05, 3.63) is 34.6 Å². The Morgan fingerprint density at radius 3 is 2.58 bits per heavy atom. The molecule has 0 spiro atoms. The number of hydrogen-bond donors (Lipinski definition) is 0. The summed E-state index contributed by atoms with van der Waals surface area (Å²) in [5.74, 6) is -0.162. The summed E-state index contributed by atoms with van der Waals surface area (Å²) in [5, 5.41) is 0.488. The van der Waals surface area contributed by atoms with Crippen LogP contribution >= 0.6 is 11.6 Å². The highest BCUT2D eigenvalue weighted by atomic mass is 35.5. The van der Waals surface area contributed by atoms with E-state index in [2.05, 4.69) is 4.90 Å². The average Bonchev–Trinajstić information content (AvgIpc) is 2.38. The summed E-state index contributed by atoms with van der Waals surface area (Å²) in [6, 6.07) is 4.53. The number of carbonyl (C=O) groups excluding carboxylic acids is 1. The molecule has 1 aromatic carbocycles. The summed E-state index contributed by atoms with van der Waals surface area (Å²) in [7, 11) is 0. The maximum Gasteiger partial charge on any atom is 0.219 e. The molecular formula is C14H18ClFN2O. The molecule has 1 aliphatic heterocycles. The summed E-state index contributed by atoms with van der Waals surface area (Å²) in [5.41, 5.74) is 0.970. The highest BCUT2D eigenvalue weighted by molar-refractivity contribution is 6.31. The smallest absolute Gasteiger partial charge is 0.219 e. The van der Waals surface area contributed by atoms with E-state index in [4.69, 9.17) is 11.6 Å². The van der Waals surface area contributed by atoms with Gasteiger partial charge in [0.1, 0.15) is 5.82 Å². The van der Waals surface area contributed by atoms with Crippen LogP contribution < -0.4 is 0 Å². The van der Waals surface area contributed by atoms with Gasteiger partial charge in [0.2, 0.25) is 5.91 Å². The molecular weight excluding hydrogens is 267 g/mol. The standard InChI is InChI=1S/C14H18ClFN2O/c1-11(19)18-8-6-17(7-9-18)5-4-12-2-3-13(16)10-14(12)15/h2-3,10H,4-9H2,1H3. The van der Waals surface area contributed by atoms with Crippen molar-refractivity contribution >= 4 is 17.5 Å². The summed E-state index contributed by atoms with van der Waals surface area (Å²) >= 11 is 6.00. The van der Waals surface area contributed by atoms with Crippen LogP contribution in [0.3, 0.4) is 0 Å². The van der Waals surface area contributed by atoms with Gasteiger partial charge in [-0.3, -0.25) is 9.69 Å². The van der Waals surface area contributed by atoms with E-state index in [1.54, 1.807) is 13.0 Å². The van der Waals surface area contributed by atoms with Crippen LogP contribution in [0.25, 0.3) is 0 Å². The van der Waals surface area contributed by atoms with Gasteiger partial charge in [0.25, 0.3) is 0 Å². The minimum Gasteiger partial charge on any atom is -0.340 e. The van der Waals surface area contributed by atoms with Gasteiger partial charge in [0, 0.05) is 44.7 Å². The Morgan fingerprint density at radius 2 is 2.00 bits per heavy atom. The molecule has 19 heavy (non-hydrogen) atoms. The maximum atomic E-state index is 12.9. The fourth-order valence-corrected chi connectivity index (χ4v) is 2.55. The zero-order valence-electron chi connectivity index (χ0n) is 11.0. The predicted octanol–water partition coefficient (Wildman–Crippen LogP) is 2.19. The molecule has 1 fully saturated rings. The van der Waals surface area contributed by atoms with E-state index < -0.39 is 0 Å².